The van der Waals surface area contributed by atoms with Gasteiger partial charge in [0, 0.05) is 11.1 Å². The van der Waals surface area contributed by atoms with Crippen molar-refractivity contribution in [2.75, 3.05) is 5.32 Å². The van der Waals surface area contributed by atoms with Gasteiger partial charge < -0.3 is 5.32 Å². The van der Waals surface area contributed by atoms with Gasteiger partial charge in [-0.15, -0.1) is 0 Å². The molecule has 4 rings (SSSR count). The van der Waals surface area contributed by atoms with Crippen LogP contribution in [-0.2, 0) is 0 Å². The number of nitrogens with one attached hydrogen (secondary N) is 1. The summed E-state index contributed by atoms with van der Waals surface area (Å²) in [5, 5.41) is 8.37. The largest absolute Gasteiger partial charge is 0.320 e. The molecule has 0 unspecified atom stereocenters. The van der Waals surface area contributed by atoms with Crippen LogP contribution < -0.4 is 10.9 Å². The van der Waals surface area contributed by atoms with Crippen molar-refractivity contribution in [3.05, 3.63) is 100.0 Å². The number of para-hydroxylation sites is 2. The second-order valence-corrected chi connectivity index (χ2v) is 6.67. The lowest BCUT2D eigenvalue weighted by Crippen LogP contribution is -2.26. The Labute approximate surface area is 162 Å². The topological polar surface area (TPSA) is 64.0 Å². The summed E-state index contributed by atoms with van der Waals surface area (Å²) < 4.78 is 1.28. The smallest absolute Gasteiger partial charge is 0.279 e. The molecule has 1 heterocycles. The van der Waals surface area contributed by atoms with Crippen LogP contribution in [0.5, 0.6) is 0 Å². The van der Waals surface area contributed by atoms with Crippen LogP contribution in [0.1, 0.15) is 21.6 Å². The number of carbonyl (C=O) groups is 1. The van der Waals surface area contributed by atoms with Crippen LogP contribution in [0.15, 0.2) is 77.6 Å². The summed E-state index contributed by atoms with van der Waals surface area (Å²) in [7, 11) is 0. The Hall–Kier alpha value is -3.73. The number of carbonyl (C=O) groups excluding carboxylic acids is 1. The lowest BCUT2D eigenvalue weighted by atomic mass is 10.1. The summed E-state index contributed by atoms with van der Waals surface area (Å²) in [5.41, 5.74) is 3.26. The monoisotopic (exact) mass is 369 g/mol. The Bertz CT molecular complexity index is 1220. The van der Waals surface area contributed by atoms with E-state index in [1.807, 2.05) is 50.2 Å². The number of aryl methyl sites for hydroxylation is 2. The highest BCUT2D eigenvalue weighted by Crippen LogP contribution is 2.22. The Morgan fingerprint density at radius 3 is 2.11 bits per heavy atom. The minimum atomic E-state index is -0.349. The minimum absolute atomic E-state index is 0.210. The second kappa shape index (κ2) is 7.12. The molecule has 0 fully saturated rings. The van der Waals surface area contributed by atoms with Crippen LogP contribution in [0.3, 0.4) is 0 Å². The van der Waals surface area contributed by atoms with Crippen LogP contribution in [0.4, 0.5) is 5.69 Å². The normalized spacial score (nSPS) is 10.8. The fourth-order valence-electron chi connectivity index (χ4n) is 3.29. The number of benzene rings is 3. The lowest BCUT2D eigenvalue weighted by molar-refractivity contribution is 0.102. The molecule has 0 spiro atoms. The van der Waals surface area contributed by atoms with Crippen molar-refractivity contribution in [1.29, 1.82) is 0 Å². The maximum atomic E-state index is 13.1. The van der Waals surface area contributed by atoms with E-state index >= 15 is 0 Å². The first-order valence-electron chi connectivity index (χ1n) is 9.01. The van der Waals surface area contributed by atoms with Crippen molar-refractivity contribution < 1.29 is 4.79 Å². The van der Waals surface area contributed by atoms with Gasteiger partial charge in [0.2, 0.25) is 0 Å². The van der Waals surface area contributed by atoms with Crippen molar-refractivity contribution >= 4 is 22.4 Å². The molecule has 0 aliphatic carbocycles. The molecule has 0 atom stereocenters. The molecule has 0 radical (unpaired) electrons. The van der Waals surface area contributed by atoms with E-state index in [0.717, 1.165) is 16.8 Å². The average molecular weight is 369 g/mol. The molecule has 0 aliphatic rings. The molecule has 0 saturated heterocycles. The van der Waals surface area contributed by atoms with E-state index in [9.17, 15) is 9.59 Å². The zero-order valence-corrected chi connectivity index (χ0v) is 15.6. The number of amides is 1. The van der Waals surface area contributed by atoms with Crippen molar-refractivity contribution in [3.8, 4) is 5.69 Å². The molecule has 5 heteroatoms. The Kier molecular flexibility index (Phi) is 4.49. The van der Waals surface area contributed by atoms with Crippen molar-refractivity contribution in [2.24, 2.45) is 0 Å². The number of hydrogen-bond donors (Lipinski definition) is 1. The van der Waals surface area contributed by atoms with Crippen LogP contribution in [0, 0.1) is 13.8 Å². The molecule has 1 aromatic heterocycles. The highest BCUT2D eigenvalue weighted by molar-refractivity contribution is 6.11. The van der Waals surface area contributed by atoms with Gasteiger partial charge in [0.15, 0.2) is 5.69 Å². The quantitative estimate of drug-likeness (QED) is 0.587. The van der Waals surface area contributed by atoms with Gasteiger partial charge in [-0.1, -0.05) is 54.6 Å². The molecular formula is C23H19N3O2. The van der Waals surface area contributed by atoms with E-state index in [4.69, 9.17) is 0 Å². The molecule has 1 N–H and O–H groups in total. The highest BCUT2D eigenvalue weighted by atomic mass is 16.2. The van der Waals surface area contributed by atoms with Crippen LogP contribution >= 0.6 is 0 Å². The van der Waals surface area contributed by atoms with Gasteiger partial charge in [0.1, 0.15) is 0 Å². The molecule has 0 bridgehead atoms. The number of aromatic nitrogens is 2. The summed E-state index contributed by atoms with van der Waals surface area (Å²) in [4.78, 5) is 26.1. The van der Waals surface area contributed by atoms with Crippen LogP contribution in [0.2, 0.25) is 0 Å². The molecule has 0 aliphatic heterocycles. The number of rotatable bonds is 3. The number of nitrogens with zero attached hydrogens (tertiary/aromatic N) is 2. The average Bonchev–Trinajstić information content (AvgIpc) is 2.72. The second-order valence-electron chi connectivity index (χ2n) is 6.67. The molecule has 5 nitrogen and oxygen atoms in total. The van der Waals surface area contributed by atoms with Gasteiger partial charge in [0.25, 0.3) is 11.5 Å². The zero-order valence-electron chi connectivity index (χ0n) is 15.6. The first kappa shape index (κ1) is 17.7. The summed E-state index contributed by atoms with van der Waals surface area (Å²) in [6.45, 7) is 3.89. The van der Waals surface area contributed by atoms with E-state index in [1.165, 1.54) is 4.68 Å². The van der Waals surface area contributed by atoms with Crippen molar-refractivity contribution in [1.82, 2.24) is 9.78 Å². The maximum absolute atomic E-state index is 13.1. The van der Waals surface area contributed by atoms with Crippen molar-refractivity contribution in [3.63, 3.8) is 0 Å². The van der Waals surface area contributed by atoms with Gasteiger partial charge >= 0.3 is 0 Å². The maximum Gasteiger partial charge on any atom is 0.279 e. The van der Waals surface area contributed by atoms with Gasteiger partial charge in [0.05, 0.1) is 11.1 Å². The molecule has 4 aromatic rings. The summed E-state index contributed by atoms with van der Waals surface area (Å²) >= 11 is 0. The Morgan fingerprint density at radius 1 is 0.821 bits per heavy atom. The van der Waals surface area contributed by atoms with Crippen LogP contribution in [-0.4, -0.2) is 15.7 Å². The summed E-state index contributed by atoms with van der Waals surface area (Å²) in [6.07, 6.45) is 0. The third kappa shape index (κ3) is 3.07. The predicted molar refractivity (Wildman–Crippen MR) is 111 cm³/mol. The highest BCUT2D eigenvalue weighted by Gasteiger charge is 2.18. The van der Waals surface area contributed by atoms with Crippen molar-refractivity contribution in [2.45, 2.75) is 13.8 Å². The van der Waals surface area contributed by atoms with Gasteiger partial charge in [-0.3, -0.25) is 9.59 Å². The summed E-state index contributed by atoms with van der Waals surface area (Å²) in [5.74, 6) is -0.349. The fraction of sp³-hybridized carbons (Fsp3) is 0.0870. The van der Waals surface area contributed by atoms with E-state index in [2.05, 4.69) is 10.4 Å². The third-order valence-corrected chi connectivity index (χ3v) is 4.74. The first-order chi connectivity index (χ1) is 13.6. The molecule has 28 heavy (non-hydrogen) atoms. The molecule has 3 aromatic carbocycles. The Balaban J connectivity index is 1.90. The molecule has 138 valence electrons. The van der Waals surface area contributed by atoms with E-state index in [1.54, 1.807) is 36.4 Å². The fourth-order valence-corrected chi connectivity index (χ4v) is 3.29. The van der Waals surface area contributed by atoms with Gasteiger partial charge in [-0.2, -0.15) is 9.78 Å². The van der Waals surface area contributed by atoms with Crippen LogP contribution in [0.25, 0.3) is 16.5 Å². The number of hydrogen-bond acceptors (Lipinski definition) is 3. The first-order valence-corrected chi connectivity index (χ1v) is 9.01. The molecule has 1 amide bonds. The Morgan fingerprint density at radius 2 is 1.43 bits per heavy atom. The standard InChI is InChI=1S/C23H19N3O2/c1-15-9-8-10-16(2)20(15)24-22(27)21-18-13-6-7-14-19(18)23(28)26(25-21)17-11-4-3-5-12-17/h3-14H,1-2H3,(H,24,27). The number of anilines is 1. The van der Waals surface area contributed by atoms with Gasteiger partial charge in [-0.05, 0) is 43.2 Å². The van der Waals surface area contributed by atoms with E-state index in [0.29, 0.717) is 16.5 Å². The van der Waals surface area contributed by atoms with E-state index in [-0.39, 0.29) is 17.2 Å². The zero-order chi connectivity index (χ0) is 19.7. The predicted octanol–water partition coefficient (Wildman–Crippen LogP) is 4.25. The minimum Gasteiger partial charge on any atom is -0.320 e. The number of fused-ring (bicyclic) bond motifs is 1. The lowest BCUT2D eigenvalue weighted by Gasteiger charge is -2.14. The molecule has 0 saturated carbocycles. The SMILES string of the molecule is Cc1cccc(C)c1NC(=O)c1nn(-c2ccccc2)c(=O)c2ccccc12. The molecular weight excluding hydrogens is 350 g/mol. The van der Waals surface area contributed by atoms with Gasteiger partial charge in [-0.25, -0.2) is 0 Å². The third-order valence-electron chi connectivity index (χ3n) is 4.74. The summed E-state index contributed by atoms with van der Waals surface area (Å²) in [6, 6.07) is 22.0. The van der Waals surface area contributed by atoms with E-state index < -0.39 is 0 Å².